The first-order valence-corrected chi connectivity index (χ1v) is 13.0. The van der Waals surface area contributed by atoms with Crippen molar-refractivity contribution in [1.29, 1.82) is 0 Å². The molecule has 2 saturated carbocycles. The van der Waals surface area contributed by atoms with E-state index in [1.54, 1.807) is 32.0 Å². The number of hydrogen-bond donors (Lipinski definition) is 3. The summed E-state index contributed by atoms with van der Waals surface area (Å²) in [5.41, 5.74) is 3.51. The van der Waals surface area contributed by atoms with Crippen LogP contribution in [0.5, 0.6) is 5.75 Å². The second-order valence-electron chi connectivity index (χ2n) is 9.98. The van der Waals surface area contributed by atoms with Gasteiger partial charge in [-0.05, 0) is 80.1 Å². The molecule has 37 heavy (non-hydrogen) atoms. The van der Waals surface area contributed by atoms with Gasteiger partial charge in [0.05, 0.1) is 24.2 Å². The lowest BCUT2D eigenvalue weighted by Crippen LogP contribution is -2.75. The van der Waals surface area contributed by atoms with Crippen LogP contribution in [0.4, 0.5) is 0 Å². The number of benzene rings is 1. The number of amides is 1. The van der Waals surface area contributed by atoms with Crippen molar-refractivity contribution < 1.29 is 43.7 Å². The summed E-state index contributed by atoms with van der Waals surface area (Å²) < 4.78 is 11.4. The quantitative estimate of drug-likeness (QED) is 0.219. The molecule has 4 rings (SSSR count). The maximum Gasteiger partial charge on any atom is 0.332 e. The number of nitrogens with zero attached hydrogens (tertiary/aromatic N) is 1. The topological polar surface area (TPSA) is 174 Å². The van der Waals surface area contributed by atoms with Crippen molar-refractivity contribution in [2.45, 2.75) is 37.5 Å². The van der Waals surface area contributed by atoms with E-state index in [4.69, 9.17) is 15.2 Å². The number of phenols is 1. The van der Waals surface area contributed by atoms with Crippen molar-refractivity contribution in [2.24, 2.45) is 29.4 Å². The number of Topliss-reactive ketones (excluding diaryl/α,β-unsaturated/α-hetero) is 3. The molecule has 0 saturated heterocycles. The number of phenolic OH excluding ortho intramolecular Hbond substituents is 1. The van der Waals surface area contributed by atoms with Gasteiger partial charge in [0.2, 0.25) is 5.91 Å². The van der Waals surface area contributed by atoms with Crippen molar-refractivity contribution in [3.8, 4) is 5.75 Å². The predicted molar refractivity (Wildman–Crippen MR) is 135 cm³/mol. The van der Waals surface area contributed by atoms with E-state index in [9.17, 15) is 34.2 Å². The lowest BCUT2D eigenvalue weighted by Gasteiger charge is -2.55. The molecule has 3 aliphatic rings. The standard InChI is InChI=1S/C25H29IN2O9/c1-4-36-15(30)9-37-21-18(24(27)34)23(33)25(35)12(19(21)28(2)3)8-10-7-11-13(26)5-6-14(29)17(11)20(31)16(10)22(25)32/h5-6,10,12,16,18-19,21,29,35H,4,7-9H2,1-3H3,(H2,27,34)/t10-,12-,16?,18?,19-,21?,25-/m0/s1. The van der Waals surface area contributed by atoms with Crippen LogP contribution in [0.1, 0.15) is 29.3 Å². The number of ketones is 3. The van der Waals surface area contributed by atoms with Crippen molar-refractivity contribution >= 4 is 51.8 Å². The fourth-order valence-electron chi connectivity index (χ4n) is 6.31. The van der Waals surface area contributed by atoms with Crippen LogP contribution < -0.4 is 5.73 Å². The van der Waals surface area contributed by atoms with E-state index < -0.39 is 77.3 Å². The van der Waals surface area contributed by atoms with E-state index >= 15 is 0 Å². The highest BCUT2D eigenvalue weighted by atomic mass is 127. The van der Waals surface area contributed by atoms with Gasteiger partial charge in [-0.2, -0.15) is 0 Å². The lowest BCUT2D eigenvalue weighted by atomic mass is 9.52. The fourth-order valence-corrected chi connectivity index (χ4v) is 6.98. The van der Waals surface area contributed by atoms with Crippen LogP contribution >= 0.6 is 22.6 Å². The molecule has 1 aromatic carbocycles. The molecule has 0 radical (unpaired) electrons. The molecule has 1 aromatic rings. The highest BCUT2D eigenvalue weighted by Crippen LogP contribution is 2.52. The average Bonchev–Trinajstić information content (AvgIpc) is 2.81. The molecule has 0 aliphatic heterocycles. The molecule has 12 heteroatoms. The molecule has 4 N–H and O–H groups in total. The van der Waals surface area contributed by atoms with Crippen LogP contribution in [-0.2, 0) is 35.1 Å². The van der Waals surface area contributed by atoms with E-state index in [-0.39, 0.29) is 30.8 Å². The smallest absolute Gasteiger partial charge is 0.332 e. The second kappa shape index (κ2) is 10.0. The minimum atomic E-state index is -2.68. The van der Waals surface area contributed by atoms with Gasteiger partial charge < -0.3 is 30.3 Å². The minimum Gasteiger partial charge on any atom is -0.507 e. The number of aliphatic hydroxyl groups is 1. The summed E-state index contributed by atoms with van der Waals surface area (Å²) in [5.74, 6) is -9.64. The highest BCUT2D eigenvalue weighted by molar-refractivity contribution is 14.1. The zero-order chi connectivity index (χ0) is 27.4. The lowest BCUT2D eigenvalue weighted by molar-refractivity contribution is -0.197. The fraction of sp³-hybridized carbons (Fsp3) is 0.560. The maximum absolute atomic E-state index is 13.9. The highest BCUT2D eigenvalue weighted by Gasteiger charge is 2.69. The largest absolute Gasteiger partial charge is 0.507 e. The number of carbonyl (C=O) groups is 5. The predicted octanol–water partition coefficient (Wildman–Crippen LogP) is -0.149. The molecule has 7 atom stereocenters. The first-order chi connectivity index (χ1) is 17.4. The van der Waals surface area contributed by atoms with Gasteiger partial charge in [-0.1, -0.05) is 0 Å². The number of fused-ring (bicyclic) bond motifs is 3. The zero-order valence-corrected chi connectivity index (χ0v) is 22.8. The molecule has 200 valence electrons. The maximum atomic E-state index is 13.9. The molecule has 3 aliphatic carbocycles. The average molecular weight is 628 g/mol. The number of aromatic hydroxyl groups is 1. The van der Waals surface area contributed by atoms with E-state index in [1.165, 1.54) is 6.07 Å². The monoisotopic (exact) mass is 628 g/mol. The van der Waals surface area contributed by atoms with Gasteiger partial charge in [-0.3, -0.25) is 19.2 Å². The third-order valence-electron chi connectivity index (χ3n) is 7.79. The number of primary amides is 1. The van der Waals surface area contributed by atoms with Gasteiger partial charge in [-0.25, -0.2) is 4.79 Å². The Morgan fingerprint density at radius 2 is 1.89 bits per heavy atom. The second-order valence-corrected chi connectivity index (χ2v) is 11.1. The summed E-state index contributed by atoms with van der Waals surface area (Å²) in [5, 5.41) is 22.2. The van der Waals surface area contributed by atoms with Crippen LogP contribution in [0.25, 0.3) is 0 Å². The zero-order valence-electron chi connectivity index (χ0n) is 20.6. The Kier molecular flexibility index (Phi) is 7.49. The van der Waals surface area contributed by atoms with E-state index in [0.717, 1.165) is 3.57 Å². The molecule has 3 unspecified atom stereocenters. The first kappa shape index (κ1) is 27.6. The normalized spacial score (nSPS) is 33.0. The summed E-state index contributed by atoms with van der Waals surface area (Å²) in [6.45, 7) is 1.16. The van der Waals surface area contributed by atoms with Crippen molar-refractivity contribution in [2.75, 3.05) is 27.3 Å². The Bertz CT molecular complexity index is 1180. The number of rotatable bonds is 6. The number of hydrogen-bond acceptors (Lipinski definition) is 10. The summed E-state index contributed by atoms with van der Waals surface area (Å²) in [6.07, 6.45) is -0.878. The van der Waals surface area contributed by atoms with Crippen molar-refractivity contribution in [3.05, 3.63) is 26.8 Å². The minimum absolute atomic E-state index is 0.0121. The Balaban J connectivity index is 1.80. The molecule has 0 spiro atoms. The van der Waals surface area contributed by atoms with Gasteiger partial charge in [0, 0.05) is 15.5 Å². The Morgan fingerprint density at radius 1 is 1.22 bits per heavy atom. The van der Waals surface area contributed by atoms with Gasteiger partial charge in [0.25, 0.3) is 0 Å². The third-order valence-corrected chi connectivity index (χ3v) is 8.80. The molecule has 0 heterocycles. The summed E-state index contributed by atoms with van der Waals surface area (Å²) >= 11 is 2.06. The number of carbonyl (C=O) groups excluding carboxylic acids is 5. The third kappa shape index (κ3) is 4.27. The molecule has 11 nitrogen and oxygen atoms in total. The number of nitrogens with two attached hydrogens (primary N) is 1. The molecule has 0 aromatic heterocycles. The SMILES string of the molecule is CCOC(=O)COC1C(C(N)=O)C(=O)[C@@]2(O)C(=O)C3C(=O)c4c(O)ccc(I)c4C[C@H]3C[C@H]2[C@@H]1N(C)C. The van der Waals surface area contributed by atoms with Crippen LogP contribution in [0, 0.1) is 27.2 Å². The molecule has 2 fully saturated rings. The summed E-state index contributed by atoms with van der Waals surface area (Å²) in [6, 6.07) is 2.16. The van der Waals surface area contributed by atoms with Gasteiger partial charge in [0.15, 0.2) is 23.0 Å². The number of ether oxygens (including phenoxy) is 2. The van der Waals surface area contributed by atoms with E-state index in [0.29, 0.717) is 5.56 Å². The van der Waals surface area contributed by atoms with Crippen molar-refractivity contribution in [1.82, 2.24) is 4.90 Å². The van der Waals surface area contributed by atoms with Crippen LogP contribution in [0.15, 0.2) is 12.1 Å². The number of esters is 1. The molecule has 0 bridgehead atoms. The first-order valence-electron chi connectivity index (χ1n) is 11.9. The number of likely N-dealkylation sites (N-methyl/N-ethyl adjacent to an activating group) is 1. The number of halogens is 1. The Morgan fingerprint density at radius 3 is 2.49 bits per heavy atom. The van der Waals surface area contributed by atoms with Crippen molar-refractivity contribution in [3.63, 3.8) is 0 Å². The Labute approximate surface area is 226 Å². The van der Waals surface area contributed by atoms with E-state index in [2.05, 4.69) is 22.6 Å². The van der Waals surface area contributed by atoms with Crippen LogP contribution in [0.2, 0.25) is 0 Å². The summed E-state index contributed by atoms with van der Waals surface area (Å²) in [4.78, 5) is 67.2. The van der Waals surface area contributed by atoms with Gasteiger partial charge in [-0.15, -0.1) is 0 Å². The van der Waals surface area contributed by atoms with Crippen LogP contribution in [-0.4, -0.2) is 89.4 Å². The van der Waals surface area contributed by atoms with E-state index in [1.807, 2.05) is 0 Å². The molecular weight excluding hydrogens is 599 g/mol. The Hall–Kier alpha value is -2.42. The van der Waals surface area contributed by atoms with Gasteiger partial charge >= 0.3 is 5.97 Å². The molecule has 1 amide bonds. The summed E-state index contributed by atoms with van der Waals surface area (Å²) in [7, 11) is 3.27. The van der Waals surface area contributed by atoms with Gasteiger partial charge in [0.1, 0.15) is 18.3 Å². The van der Waals surface area contributed by atoms with Crippen LogP contribution in [0.3, 0.4) is 0 Å². The molecular formula is C25H29IN2O9.